The number of likely N-dealkylation sites (tertiary alicyclic amines) is 1. The Morgan fingerprint density at radius 1 is 1.21 bits per heavy atom. The summed E-state index contributed by atoms with van der Waals surface area (Å²) in [5.41, 5.74) is 1.11. The van der Waals surface area contributed by atoms with Crippen molar-refractivity contribution in [3.63, 3.8) is 0 Å². The molecular formula is C15H22BrFN2. The van der Waals surface area contributed by atoms with E-state index in [4.69, 9.17) is 0 Å². The monoisotopic (exact) mass is 328 g/mol. The van der Waals surface area contributed by atoms with Gasteiger partial charge in [0.2, 0.25) is 0 Å². The van der Waals surface area contributed by atoms with E-state index in [0.29, 0.717) is 0 Å². The summed E-state index contributed by atoms with van der Waals surface area (Å²) in [4.78, 5) is 2.55. The molecule has 19 heavy (non-hydrogen) atoms. The number of benzene rings is 1. The Hall–Kier alpha value is -0.450. The van der Waals surface area contributed by atoms with Crippen LogP contribution in [0.15, 0.2) is 22.7 Å². The first-order valence-electron chi connectivity index (χ1n) is 7.13. The molecule has 4 heteroatoms. The van der Waals surface area contributed by atoms with Gasteiger partial charge in [0.1, 0.15) is 5.82 Å². The molecule has 0 bridgehead atoms. The molecule has 1 aromatic rings. The quantitative estimate of drug-likeness (QED) is 0.803. The van der Waals surface area contributed by atoms with Crippen molar-refractivity contribution in [2.24, 2.45) is 0 Å². The zero-order chi connectivity index (χ0) is 13.5. The van der Waals surface area contributed by atoms with Gasteiger partial charge < -0.3 is 10.2 Å². The maximum absolute atomic E-state index is 12.9. The lowest BCUT2D eigenvalue weighted by atomic mass is 10.1. The van der Waals surface area contributed by atoms with Crippen LogP contribution in [0.2, 0.25) is 0 Å². The Bertz CT molecular complexity index is 392. The first kappa shape index (κ1) is 14.9. The molecule has 1 saturated heterocycles. The molecule has 0 aromatic heterocycles. The number of hydrogen-bond donors (Lipinski definition) is 1. The van der Waals surface area contributed by atoms with E-state index in [2.05, 4.69) is 26.1 Å². The molecule has 0 amide bonds. The third-order valence-corrected chi connectivity index (χ3v) is 4.35. The standard InChI is InChI=1S/C15H22BrFN2/c16-15-11-14(17)6-5-13(15)12-18-7-4-10-19-8-2-1-3-9-19/h5-6,11,18H,1-4,7-10,12H2. The molecular weight excluding hydrogens is 307 g/mol. The van der Waals surface area contributed by atoms with E-state index >= 15 is 0 Å². The van der Waals surface area contributed by atoms with Gasteiger partial charge in [-0.25, -0.2) is 4.39 Å². The van der Waals surface area contributed by atoms with Crippen molar-refractivity contribution in [2.45, 2.75) is 32.2 Å². The SMILES string of the molecule is Fc1ccc(CNCCCN2CCCCC2)c(Br)c1. The molecule has 0 saturated carbocycles. The molecule has 1 fully saturated rings. The number of piperidine rings is 1. The molecule has 106 valence electrons. The summed E-state index contributed by atoms with van der Waals surface area (Å²) < 4.78 is 13.8. The zero-order valence-electron chi connectivity index (χ0n) is 11.3. The van der Waals surface area contributed by atoms with E-state index in [1.165, 1.54) is 57.5 Å². The van der Waals surface area contributed by atoms with Gasteiger partial charge in [-0.1, -0.05) is 28.4 Å². The highest BCUT2D eigenvalue weighted by Crippen LogP contribution is 2.17. The molecule has 1 aromatic carbocycles. The molecule has 0 unspecified atom stereocenters. The maximum Gasteiger partial charge on any atom is 0.124 e. The fraction of sp³-hybridized carbons (Fsp3) is 0.600. The topological polar surface area (TPSA) is 15.3 Å². The second-order valence-electron chi connectivity index (χ2n) is 5.17. The van der Waals surface area contributed by atoms with E-state index in [1.54, 1.807) is 0 Å². The lowest BCUT2D eigenvalue weighted by molar-refractivity contribution is 0.225. The van der Waals surface area contributed by atoms with Crippen molar-refractivity contribution in [1.29, 1.82) is 0 Å². The van der Waals surface area contributed by atoms with Gasteiger partial charge in [-0.2, -0.15) is 0 Å². The van der Waals surface area contributed by atoms with Crippen LogP contribution in [0.5, 0.6) is 0 Å². The van der Waals surface area contributed by atoms with Crippen LogP contribution in [0.3, 0.4) is 0 Å². The first-order valence-corrected chi connectivity index (χ1v) is 7.92. The highest BCUT2D eigenvalue weighted by molar-refractivity contribution is 9.10. The van der Waals surface area contributed by atoms with Crippen LogP contribution < -0.4 is 5.32 Å². The lowest BCUT2D eigenvalue weighted by Gasteiger charge is -2.26. The molecule has 2 rings (SSSR count). The summed E-state index contributed by atoms with van der Waals surface area (Å²) in [7, 11) is 0. The predicted octanol–water partition coefficient (Wildman–Crippen LogP) is 3.55. The van der Waals surface area contributed by atoms with Gasteiger partial charge in [-0.05, 0) is 63.1 Å². The molecule has 0 radical (unpaired) electrons. The molecule has 1 N–H and O–H groups in total. The Balaban J connectivity index is 1.61. The van der Waals surface area contributed by atoms with Gasteiger partial charge in [0.15, 0.2) is 0 Å². The van der Waals surface area contributed by atoms with Gasteiger partial charge in [-0.3, -0.25) is 0 Å². The van der Waals surface area contributed by atoms with E-state index < -0.39 is 0 Å². The first-order chi connectivity index (χ1) is 9.25. The number of rotatable bonds is 6. The van der Waals surface area contributed by atoms with E-state index in [0.717, 1.165) is 23.1 Å². The Labute approximate surface area is 123 Å². The molecule has 0 atom stereocenters. The van der Waals surface area contributed by atoms with Crippen molar-refractivity contribution in [3.05, 3.63) is 34.1 Å². The normalized spacial score (nSPS) is 16.7. The zero-order valence-corrected chi connectivity index (χ0v) is 12.9. The molecule has 2 nitrogen and oxygen atoms in total. The van der Waals surface area contributed by atoms with Crippen LogP contribution >= 0.6 is 15.9 Å². The van der Waals surface area contributed by atoms with E-state index in [1.807, 2.05) is 6.07 Å². The van der Waals surface area contributed by atoms with Crippen LogP contribution in [0.25, 0.3) is 0 Å². The minimum absolute atomic E-state index is 0.194. The van der Waals surface area contributed by atoms with E-state index in [-0.39, 0.29) is 5.82 Å². The van der Waals surface area contributed by atoms with Crippen LogP contribution in [0.1, 0.15) is 31.2 Å². The highest BCUT2D eigenvalue weighted by atomic mass is 79.9. The second-order valence-corrected chi connectivity index (χ2v) is 6.02. The van der Waals surface area contributed by atoms with Gasteiger partial charge in [-0.15, -0.1) is 0 Å². The van der Waals surface area contributed by atoms with Crippen LogP contribution in [-0.4, -0.2) is 31.1 Å². The van der Waals surface area contributed by atoms with Gasteiger partial charge in [0, 0.05) is 11.0 Å². The van der Waals surface area contributed by atoms with Crippen molar-refractivity contribution >= 4 is 15.9 Å². The number of nitrogens with one attached hydrogen (secondary N) is 1. The molecule has 0 spiro atoms. The fourth-order valence-electron chi connectivity index (χ4n) is 2.50. The van der Waals surface area contributed by atoms with Gasteiger partial charge in [0.25, 0.3) is 0 Å². The Morgan fingerprint density at radius 2 is 2.00 bits per heavy atom. The second kappa shape index (κ2) is 7.98. The van der Waals surface area contributed by atoms with Crippen LogP contribution in [0.4, 0.5) is 4.39 Å². The summed E-state index contributed by atoms with van der Waals surface area (Å²) in [6.45, 7) is 5.53. The van der Waals surface area contributed by atoms with Gasteiger partial charge >= 0.3 is 0 Å². The maximum atomic E-state index is 12.9. The van der Waals surface area contributed by atoms with Crippen molar-refractivity contribution in [2.75, 3.05) is 26.2 Å². The predicted molar refractivity (Wildman–Crippen MR) is 80.7 cm³/mol. The lowest BCUT2D eigenvalue weighted by Crippen LogP contribution is -2.32. The largest absolute Gasteiger partial charge is 0.313 e. The van der Waals surface area contributed by atoms with E-state index in [9.17, 15) is 4.39 Å². The molecule has 1 heterocycles. The Morgan fingerprint density at radius 3 is 2.74 bits per heavy atom. The van der Waals surface area contributed by atoms with Crippen LogP contribution in [0, 0.1) is 5.82 Å². The number of halogens is 2. The third kappa shape index (κ3) is 5.21. The summed E-state index contributed by atoms with van der Waals surface area (Å²) >= 11 is 3.39. The molecule has 0 aliphatic carbocycles. The highest BCUT2D eigenvalue weighted by Gasteiger charge is 2.08. The number of hydrogen-bond acceptors (Lipinski definition) is 2. The average molecular weight is 329 g/mol. The molecule has 1 aliphatic heterocycles. The number of nitrogens with zero attached hydrogens (tertiary/aromatic N) is 1. The third-order valence-electron chi connectivity index (χ3n) is 3.61. The average Bonchev–Trinajstić information content (AvgIpc) is 2.42. The van der Waals surface area contributed by atoms with Crippen LogP contribution in [-0.2, 0) is 6.54 Å². The Kier molecular flexibility index (Phi) is 6.28. The van der Waals surface area contributed by atoms with Crippen molar-refractivity contribution in [3.8, 4) is 0 Å². The minimum atomic E-state index is -0.194. The van der Waals surface area contributed by atoms with Gasteiger partial charge in [0.05, 0.1) is 0 Å². The molecule has 1 aliphatic rings. The smallest absolute Gasteiger partial charge is 0.124 e. The van der Waals surface area contributed by atoms with Crippen molar-refractivity contribution < 1.29 is 4.39 Å². The summed E-state index contributed by atoms with van der Waals surface area (Å²) in [5, 5.41) is 3.42. The minimum Gasteiger partial charge on any atom is -0.313 e. The van der Waals surface area contributed by atoms with Crippen molar-refractivity contribution in [1.82, 2.24) is 10.2 Å². The summed E-state index contributed by atoms with van der Waals surface area (Å²) in [6, 6.07) is 4.86. The fourth-order valence-corrected chi connectivity index (χ4v) is 2.99. The summed E-state index contributed by atoms with van der Waals surface area (Å²) in [5.74, 6) is -0.194. The summed E-state index contributed by atoms with van der Waals surface area (Å²) in [6.07, 6.45) is 5.29.